The molecule has 186 valence electrons. The molecular weight excluding hydrogens is 498 g/mol. The Hall–Kier alpha value is -3.49. The molecule has 1 aliphatic rings. The number of fused-ring (bicyclic) bond motifs is 1. The maximum absolute atomic E-state index is 13.8. The van der Waals surface area contributed by atoms with Crippen molar-refractivity contribution >= 4 is 44.8 Å². The molecule has 3 aromatic carbocycles. The maximum Gasteiger partial charge on any atom is 0.264 e. The molecule has 0 spiro atoms. The standard InChI is InChI=1S/C27H26ClN3O4S/c1-3-18(2)25-27(33)31(17-24(32)30-36(34,35)21-12-8-5-9-13-21)23-15-14-20(28)16-22(23)26(29-25)19-10-6-4-7-11-19/h4-16,18,25H,3,17H2,1-2H3,(H,30,32)/t18?,25-/m0/s1. The lowest BCUT2D eigenvalue weighted by molar-refractivity contribution is -0.124. The van der Waals surface area contributed by atoms with Crippen LogP contribution in [0.1, 0.15) is 31.4 Å². The molecule has 0 saturated heterocycles. The zero-order valence-electron chi connectivity index (χ0n) is 19.9. The number of halogens is 1. The predicted octanol–water partition coefficient (Wildman–Crippen LogP) is 4.44. The van der Waals surface area contributed by atoms with Crippen LogP contribution in [0.2, 0.25) is 5.02 Å². The fraction of sp³-hybridized carbons (Fsp3) is 0.222. The number of nitrogens with one attached hydrogen (secondary N) is 1. The van der Waals surface area contributed by atoms with E-state index in [-0.39, 0.29) is 16.7 Å². The summed E-state index contributed by atoms with van der Waals surface area (Å²) in [4.78, 5) is 32.9. The molecule has 2 atom stereocenters. The molecule has 9 heteroatoms. The van der Waals surface area contributed by atoms with Crippen LogP contribution in [-0.4, -0.2) is 38.5 Å². The summed E-state index contributed by atoms with van der Waals surface area (Å²) in [6, 6.07) is 21.3. The molecule has 0 fully saturated rings. The van der Waals surface area contributed by atoms with Gasteiger partial charge in [0.1, 0.15) is 12.6 Å². The number of carbonyl (C=O) groups is 2. The monoisotopic (exact) mass is 523 g/mol. The average molecular weight is 524 g/mol. The van der Waals surface area contributed by atoms with Crippen molar-refractivity contribution in [2.45, 2.75) is 31.2 Å². The number of benzodiazepines with no additional fused rings is 1. The fourth-order valence-corrected chi connectivity index (χ4v) is 5.21. The highest BCUT2D eigenvalue weighted by molar-refractivity contribution is 7.90. The van der Waals surface area contributed by atoms with Crippen molar-refractivity contribution in [1.29, 1.82) is 0 Å². The second-order valence-corrected chi connectivity index (χ2v) is 10.7. The summed E-state index contributed by atoms with van der Waals surface area (Å²) >= 11 is 6.34. The zero-order valence-corrected chi connectivity index (χ0v) is 21.5. The van der Waals surface area contributed by atoms with Crippen molar-refractivity contribution in [2.24, 2.45) is 10.9 Å². The Balaban J connectivity index is 1.77. The fourth-order valence-electron chi connectivity index (χ4n) is 4.04. The molecule has 0 saturated carbocycles. The highest BCUT2D eigenvalue weighted by Gasteiger charge is 2.36. The van der Waals surface area contributed by atoms with Crippen molar-refractivity contribution in [1.82, 2.24) is 4.72 Å². The number of carbonyl (C=O) groups excluding carboxylic acids is 2. The molecule has 3 aromatic rings. The van der Waals surface area contributed by atoms with Gasteiger partial charge < -0.3 is 4.90 Å². The van der Waals surface area contributed by atoms with Gasteiger partial charge in [0.15, 0.2) is 0 Å². The molecule has 1 N–H and O–H groups in total. The number of hydrogen-bond acceptors (Lipinski definition) is 5. The average Bonchev–Trinajstić information content (AvgIpc) is 2.99. The van der Waals surface area contributed by atoms with Crippen LogP contribution in [0.5, 0.6) is 0 Å². The summed E-state index contributed by atoms with van der Waals surface area (Å²) in [5.41, 5.74) is 2.42. The van der Waals surface area contributed by atoms with E-state index in [1.807, 2.05) is 44.2 Å². The van der Waals surface area contributed by atoms with Crippen LogP contribution in [0.3, 0.4) is 0 Å². The van der Waals surface area contributed by atoms with Crippen molar-refractivity contribution in [2.75, 3.05) is 11.4 Å². The normalized spacial score (nSPS) is 16.5. The van der Waals surface area contributed by atoms with Gasteiger partial charge in [-0.25, -0.2) is 13.1 Å². The molecule has 0 bridgehead atoms. The molecule has 7 nitrogen and oxygen atoms in total. The SMILES string of the molecule is CCC(C)[C@@H]1N=C(c2ccccc2)c2cc(Cl)ccc2N(CC(=O)NS(=O)(=O)c2ccccc2)C1=O. The Morgan fingerprint density at radius 1 is 1.06 bits per heavy atom. The lowest BCUT2D eigenvalue weighted by Gasteiger charge is -2.26. The molecule has 2 amide bonds. The van der Waals surface area contributed by atoms with E-state index in [1.165, 1.54) is 17.0 Å². The largest absolute Gasteiger partial charge is 0.300 e. The van der Waals surface area contributed by atoms with Crippen molar-refractivity contribution in [3.63, 3.8) is 0 Å². The van der Waals surface area contributed by atoms with E-state index in [1.54, 1.807) is 36.4 Å². The van der Waals surface area contributed by atoms with Crippen molar-refractivity contribution < 1.29 is 18.0 Å². The molecule has 36 heavy (non-hydrogen) atoms. The quantitative estimate of drug-likeness (QED) is 0.495. The van der Waals surface area contributed by atoms with Gasteiger partial charge in [-0.3, -0.25) is 14.6 Å². The highest BCUT2D eigenvalue weighted by atomic mass is 35.5. The van der Waals surface area contributed by atoms with Crippen molar-refractivity contribution in [3.05, 3.63) is 95.0 Å². The zero-order chi connectivity index (χ0) is 25.9. The summed E-state index contributed by atoms with van der Waals surface area (Å²) in [5, 5.41) is 0.447. The van der Waals surface area contributed by atoms with Gasteiger partial charge in [-0.15, -0.1) is 0 Å². The third-order valence-corrected chi connectivity index (χ3v) is 7.75. The first-order valence-electron chi connectivity index (χ1n) is 11.6. The van der Waals surface area contributed by atoms with Gasteiger partial charge >= 0.3 is 0 Å². The number of benzene rings is 3. The summed E-state index contributed by atoms with van der Waals surface area (Å²) in [5.74, 6) is -1.34. The van der Waals surface area contributed by atoms with E-state index < -0.39 is 28.5 Å². The smallest absolute Gasteiger partial charge is 0.264 e. The van der Waals surface area contributed by atoms with Gasteiger partial charge in [0.05, 0.1) is 16.3 Å². The molecule has 1 unspecified atom stereocenters. The summed E-state index contributed by atoms with van der Waals surface area (Å²) < 4.78 is 27.5. The summed E-state index contributed by atoms with van der Waals surface area (Å²) in [7, 11) is -4.10. The third-order valence-electron chi connectivity index (χ3n) is 6.13. The van der Waals surface area contributed by atoms with Crippen LogP contribution >= 0.6 is 11.6 Å². The van der Waals surface area contributed by atoms with Gasteiger partial charge in [0, 0.05) is 16.1 Å². The van der Waals surface area contributed by atoms with Crippen LogP contribution in [0, 0.1) is 5.92 Å². The van der Waals surface area contributed by atoms with Gasteiger partial charge in [-0.05, 0) is 36.2 Å². The Labute approximate surface area is 215 Å². The lowest BCUT2D eigenvalue weighted by Crippen LogP contribution is -2.47. The summed E-state index contributed by atoms with van der Waals surface area (Å²) in [6.45, 7) is 3.40. The highest BCUT2D eigenvalue weighted by Crippen LogP contribution is 2.33. The second-order valence-electron chi connectivity index (χ2n) is 8.60. The molecule has 1 heterocycles. The van der Waals surface area contributed by atoms with Crippen LogP contribution in [0.15, 0.2) is 88.8 Å². The third kappa shape index (κ3) is 5.34. The first-order valence-corrected chi connectivity index (χ1v) is 13.4. The number of nitrogens with zero attached hydrogens (tertiary/aromatic N) is 2. The predicted molar refractivity (Wildman–Crippen MR) is 141 cm³/mol. The number of anilines is 1. The summed E-state index contributed by atoms with van der Waals surface area (Å²) in [6.07, 6.45) is 0.682. The number of hydrogen-bond donors (Lipinski definition) is 1. The second kappa shape index (κ2) is 10.6. The van der Waals surface area contributed by atoms with E-state index in [9.17, 15) is 18.0 Å². The minimum absolute atomic E-state index is 0.0418. The molecule has 0 aromatic heterocycles. The number of sulfonamides is 1. The topological polar surface area (TPSA) is 95.9 Å². The van der Waals surface area contributed by atoms with Gasteiger partial charge in [-0.2, -0.15) is 0 Å². The Kier molecular flexibility index (Phi) is 7.56. The first kappa shape index (κ1) is 25.6. The van der Waals surface area contributed by atoms with Gasteiger partial charge in [-0.1, -0.05) is 80.4 Å². The molecular formula is C27H26ClN3O4S. The van der Waals surface area contributed by atoms with E-state index in [0.29, 0.717) is 28.4 Å². The maximum atomic E-state index is 13.8. The Bertz CT molecular complexity index is 1410. The van der Waals surface area contributed by atoms with E-state index >= 15 is 0 Å². The molecule has 4 rings (SSSR count). The van der Waals surface area contributed by atoms with Crippen LogP contribution in [-0.2, 0) is 19.6 Å². The van der Waals surface area contributed by atoms with E-state index in [2.05, 4.69) is 4.72 Å². The number of amides is 2. The van der Waals surface area contributed by atoms with Crippen LogP contribution in [0.25, 0.3) is 0 Å². The van der Waals surface area contributed by atoms with E-state index in [0.717, 1.165) is 5.56 Å². The number of aliphatic imine (C=N–C) groups is 1. The first-order chi connectivity index (χ1) is 17.2. The Morgan fingerprint density at radius 2 is 1.69 bits per heavy atom. The lowest BCUT2D eigenvalue weighted by atomic mass is 9.98. The van der Waals surface area contributed by atoms with Gasteiger partial charge in [0.25, 0.3) is 21.8 Å². The van der Waals surface area contributed by atoms with Crippen LogP contribution < -0.4 is 9.62 Å². The Morgan fingerprint density at radius 3 is 2.33 bits per heavy atom. The van der Waals surface area contributed by atoms with E-state index in [4.69, 9.17) is 16.6 Å². The minimum atomic E-state index is -4.10. The van der Waals surface area contributed by atoms with Crippen molar-refractivity contribution in [3.8, 4) is 0 Å². The minimum Gasteiger partial charge on any atom is -0.300 e. The van der Waals surface area contributed by atoms with Crippen LogP contribution in [0.4, 0.5) is 5.69 Å². The molecule has 0 radical (unpaired) electrons. The number of rotatable bonds is 7. The molecule has 1 aliphatic heterocycles. The van der Waals surface area contributed by atoms with Gasteiger partial charge in [0.2, 0.25) is 0 Å². The molecule has 0 aliphatic carbocycles.